The van der Waals surface area contributed by atoms with Crippen LogP contribution >= 0.6 is 0 Å². The predicted octanol–water partition coefficient (Wildman–Crippen LogP) is 4.36. The lowest BCUT2D eigenvalue weighted by Gasteiger charge is -2.23. The predicted molar refractivity (Wildman–Crippen MR) is 117 cm³/mol. The second-order valence-electron chi connectivity index (χ2n) is 7.90. The summed E-state index contributed by atoms with van der Waals surface area (Å²) in [7, 11) is 0. The molecule has 0 bridgehead atoms. The van der Waals surface area contributed by atoms with Crippen molar-refractivity contribution in [2.75, 3.05) is 5.73 Å². The molecule has 168 valence electrons. The minimum atomic E-state index is -1.10. The van der Waals surface area contributed by atoms with E-state index in [0.29, 0.717) is 5.56 Å². The quantitative estimate of drug-likeness (QED) is 0.483. The molecule has 2 N–H and O–H groups in total. The summed E-state index contributed by atoms with van der Waals surface area (Å²) < 4.78 is 36.8. The molecule has 1 saturated carbocycles. The van der Waals surface area contributed by atoms with Crippen LogP contribution in [0.2, 0.25) is 0 Å². The lowest BCUT2D eigenvalue weighted by molar-refractivity contribution is 0.147. The maximum absolute atomic E-state index is 15.1. The number of pyridine rings is 2. The van der Waals surface area contributed by atoms with Gasteiger partial charge in [-0.3, -0.25) is 4.98 Å². The molecule has 5 rings (SSSR count). The zero-order valence-electron chi connectivity index (χ0n) is 17.7. The van der Waals surface area contributed by atoms with Gasteiger partial charge in [-0.1, -0.05) is 12.5 Å². The van der Waals surface area contributed by atoms with Gasteiger partial charge in [0.25, 0.3) is 0 Å². The maximum atomic E-state index is 15.1. The molecule has 0 radical (unpaired) electrons. The summed E-state index contributed by atoms with van der Waals surface area (Å²) in [5.74, 6) is -2.01. The molecular weight excluding hydrogens is 428 g/mol. The van der Waals surface area contributed by atoms with Crippen molar-refractivity contribution in [2.24, 2.45) is 0 Å². The molecule has 1 aliphatic rings. The summed E-state index contributed by atoms with van der Waals surface area (Å²) >= 11 is 0. The van der Waals surface area contributed by atoms with E-state index in [0.717, 1.165) is 47.9 Å². The SMILES string of the molecule is Nc1ncc(-c2cccnc2)cc1-c1nnnn1-c1ccc(OC2CCCCC2)c(F)c1F. The second kappa shape index (κ2) is 8.89. The number of rotatable bonds is 5. The fourth-order valence-electron chi connectivity index (χ4n) is 4.00. The normalized spacial score (nSPS) is 14.4. The van der Waals surface area contributed by atoms with Crippen LogP contribution < -0.4 is 10.5 Å². The van der Waals surface area contributed by atoms with Crippen LogP contribution in [-0.4, -0.2) is 36.3 Å². The molecule has 0 saturated heterocycles. The molecule has 3 aromatic heterocycles. The summed E-state index contributed by atoms with van der Waals surface area (Å²) in [6.07, 6.45) is 9.68. The van der Waals surface area contributed by atoms with Gasteiger partial charge < -0.3 is 10.5 Å². The minimum Gasteiger partial charge on any atom is -0.487 e. The minimum absolute atomic E-state index is 0.108. The average Bonchev–Trinajstić information content (AvgIpc) is 3.33. The molecule has 1 aliphatic carbocycles. The third-order valence-electron chi connectivity index (χ3n) is 5.72. The summed E-state index contributed by atoms with van der Waals surface area (Å²) in [5, 5.41) is 11.5. The summed E-state index contributed by atoms with van der Waals surface area (Å²) in [4.78, 5) is 8.32. The molecule has 0 aliphatic heterocycles. The van der Waals surface area contributed by atoms with E-state index in [2.05, 4.69) is 25.5 Å². The third-order valence-corrected chi connectivity index (χ3v) is 5.72. The van der Waals surface area contributed by atoms with Gasteiger partial charge in [0.15, 0.2) is 17.4 Å². The Labute approximate surface area is 188 Å². The first-order chi connectivity index (χ1) is 16.1. The Morgan fingerprint density at radius 3 is 2.64 bits per heavy atom. The first kappa shape index (κ1) is 20.9. The Morgan fingerprint density at radius 1 is 1.00 bits per heavy atom. The highest BCUT2D eigenvalue weighted by Gasteiger charge is 2.24. The fraction of sp³-hybridized carbons (Fsp3) is 0.261. The Morgan fingerprint density at radius 2 is 1.85 bits per heavy atom. The number of benzene rings is 1. The Balaban J connectivity index is 1.51. The summed E-state index contributed by atoms with van der Waals surface area (Å²) in [6, 6.07) is 8.19. The zero-order valence-corrected chi connectivity index (χ0v) is 17.7. The van der Waals surface area contributed by atoms with Crippen molar-refractivity contribution in [3.63, 3.8) is 0 Å². The smallest absolute Gasteiger partial charge is 0.202 e. The van der Waals surface area contributed by atoms with Crippen LogP contribution in [0.25, 0.3) is 28.2 Å². The Bertz CT molecular complexity index is 1270. The van der Waals surface area contributed by atoms with Gasteiger partial charge in [-0.15, -0.1) is 5.10 Å². The molecule has 33 heavy (non-hydrogen) atoms. The number of hydrogen-bond acceptors (Lipinski definition) is 7. The molecule has 0 spiro atoms. The van der Waals surface area contributed by atoms with Crippen molar-refractivity contribution >= 4 is 5.82 Å². The highest BCUT2D eigenvalue weighted by molar-refractivity contribution is 5.76. The van der Waals surface area contributed by atoms with E-state index in [1.165, 1.54) is 12.1 Å². The lowest BCUT2D eigenvalue weighted by atomic mass is 9.98. The molecule has 0 amide bonds. The van der Waals surface area contributed by atoms with E-state index < -0.39 is 11.6 Å². The largest absolute Gasteiger partial charge is 0.487 e. The van der Waals surface area contributed by atoms with E-state index in [9.17, 15) is 4.39 Å². The number of tetrazole rings is 1. The van der Waals surface area contributed by atoms with Crippen molar-refractivity contribution in [1.29, 1.82) is 0 Å². The van der Waals surface area contributed by atoms with E-state index in [4.69, 9.17) is 10.5 Å². The van der Waals surface area contributed by atoms with Gasteiger partial charge in [0, 0.05) is 29.7 Å². The van der Waals surface area contributed by atoms with Gasteiger partial charge in [0.2, 0.25) is 5.82 Å². The van der Waals surface area contributed by atoms with Crippen LogP contribution in [0.3, 0.4) is 0 Å². The number of ether oxygens (including phenoxy) is 1. The Hall–Kier alpha value is -3.95. The maximum Gasteiger partial charge on any atom is 0.202 e. The highest BCUT2D eigenvalue weighted by atomic mass is 19.2. The lowest BCUT2D eigenvalue weighted by Crippen LogP contribution is -2.20. The highest BCUT2D eigenvalue weighted by Crippen LogP contribution is 2.32. The summed E-state index contributed by atoms with van der Waals surface area (Å²) in [6.45, 7) is 0. The third kappa shape index (κ3) is 4.11. The number of hydrogen-bond donors (Lipinski definition) is 1. The molecule has 1 fully saturated rings. The van der Waals surface area contributed by atoms with Gasteiger partial charge in [0.1, 0.15) is 11.5 Å². The van der Waals surface area contributed by atoms with Crippen molar-refractivity contribution in [3.8, 4) is 34.0 Å². The van der Waals surface area contributed by atoms with Crippen LogP contribution in [0.4, 0.5) is 14.6 Å². The number of nitrogen functional groups attached to an aromatic ring is 1. The van der Waals surface area contributed by atoms with E-state index in [1.54, 1.807) is 30.7 Å². The fourth-order valence-corrected chi connectivity index (χ4v) is 4.00. The molecule has 10 heteroatoms. The standard InChI is InChI=1S/C23H21F2N7O/c24-20-18(8-9-19(21(20)25)33-16-6-2-1-3-7-16)32-23(29-30-31-32)17-11-15(13-28-22(17)26)14-5-4-10-27-12-14/h4-5,8-13,16H,1-3,6-7H2,(H2,26,28). The average molecular weight is 449 g/mol. The van der Waals surface area contributed by atoms with Crippen LogP contribution in [-0.2, 0) is 0 Å². The van der Waals surface area contributed by atoms with Crippen molar-refractivity contribution < 1.29 is 13.5 Å². The summed E-state index contributed by atoms with van der Waals surface area (Å²) in [5.41, 5.74) is 7.84. The molecule has 0 unspecified atom stereocenters. The van der Waals surface area contributed by atoms with Crippen LogP contribution in [0.15, 0.2) is 48.9 Å². The first-order valence-electron chi connectivity index (χ1n) is 10.7. The van der Waals surface area contributed by atoms with Crippen molar-refractivity contribution in [3.05, 3.63) is 60.6 Å². The number of nitrogens with zero attached hydrogens (tertiary/aromatic N) is 6. The van der Waals surface area contributed by atoms with Gasteiger partial charge in [-0.2, -0.15) is 9.07 Å². The number of anilines is 1. The first-order valence-corrected chi connectivity index (χ1v) is 10.7. The second-order valence-corrected chi connectivity index (χ2v) is 7.90. The van der Waals surface area contributed by atoms with Gasteiger partial charge in [0.05, 0.1) is 11.7 Å². The van der Waals surface area contributed by atoms with Gasteiger partial charge in [-0.25, -0.2) is 9.37 Å². The van der Waals surface area contributed by atoms with E-state index >= 15 is 4.39 Å². The molecule has 1 aromatic carbocycles. The zero-order chi connectivity index (χ0) is 22.8. The Kier molecular flexibility index (Phi) is 5.64. The van der Waals surface area contributed by atoms with Crippen molar-refractivity contribution in [2.45, 2.75) is 38.2 Å². The topological polar surface area (TPSA) is 105 Å². The number of nitrogens with two attached hydrogens (primary N) is 1. The monoisotopic (exact) mass is 449 g/mol. The molecule has 0 atom stereocenters. The van der Waals surface area contributed by atoms with E-state index in [1.807, 2.05) is 6.07 Å². The number of aromatic nitrogens is 6. The van der Waals surface area contributed by atoms with Crippen LogP contribution in [0.5, 0.6) is 5.75 Å². The molecule has 8 nitrogen and oxygen atoms in total. The van der Waals surface area contributed by atoms with Crippen LogP contribution in [0, 0.1) is 11.6 Å². The van der Waals surface area contributed by atoms with Crippen molar-refractivity contribution in [1.82, 2.24) is 30.2 Å². The van der Waals surface area contributed by atoms with E-state index in [-0.39, 0.29) is 29.2 Å². The van der Waals surface area contributed by atoms with Gasteiger partial charge >= 0.3 is 0 Å². The molecular formula is C23H21F2N7O. The van der Waals surface area contributed by atoms with Gasteiger partial charge in [-0.05, 0) is 60.4 Å². The molecule has 4 aromatic rings. The number of halogens is 2. The molecule has 3 heterocycles. The van der Waals surface area contributed by atoms with Crippen LogP contribution in [0.1, 0.15) is 32.1 Å².